The van der Waals surface area contributed by atoms with Crippen LogP contribution in [0.3, 0.4) is 0 Å². The second-order valence-corrected chi connectivity index (χ2v) is 5.34. The van der Waals surface area contributed by atoms with E-state index < -0.39 is 0 Å². The Kier molecular flexibility index (Phi) is 4.09. The number of carbonyl (C=O) groups is 1. The molecule has 0 aliphatic carbocycles. The van der Waals surface area contributed by atoms with Gasteiger partial charge in [-0.05, 0) is 48.9 Å². The third-order valence-electron chi connectivity index (χ3n) is 2.56. The summed E-state index contributed by atoms with van der Waals surface area (Å²) in [6.45, 7) is 2.00. The van der Waals surface area contributed by atoms with E-state index in [9.17, 15) is 4.79 Å². The van der Waals surface area contributed by atoms with Gasteiger partial charge in [0.15, 0.2) is 0 Å². The van der Waals surface area contributed by atoms with Crippen molar-refractivity contribution < 1.29 is 4.79 Å². The SMILES string of the molecule is Cc1ccc(NC(=O)c2ccc(S)cc2)cc1Br. The van der Waals surface area contributed by atoms with Gasteiger partial charge in [-0.15, -0.1) is 12.6 Å². The average Bonchev–Trinajstić information content (AvgIpc) is 2.34. The van der Waals surface area contributed by atoms with Crippen molar-refractivity contribution in [2.24, 2.45) is 0 Å². The van der Waals surface area contributed by atoms with E-state index in [2.05, 4.69) is 33.9 Å². The zero-order chi connectivity index (χ0) is 13.1. The lowest BCUT2D eigenvalue weighted by Gasteiger charge is -2.07. The first-order chi connectivity index (χ1) is 8.56. The Morgan fingerprint density at radius 3 is 2.44 bits per heavy atom. The van der Waals surface area contributed by atoms with E-state index in [0.717, 1.165) is 20.6 Å². The van der Waals surface area contributed by atoms with Crippen molar-refractivity contribution in [2.45, 2.75) is 11.8 Å². The first-order valence-corrected chi connectivity index (χ1v) is 6.67. The third kappa shape index (κ3) is 3.15. The summed E-state index contributed by atoms with van der Waals surface area (Å²) in [6, 6.07) is 12.8. The fraction of sp³-hybridized carbons (Fsp3) is 0.0714. The number of hydrogen-bond donors (Lipinski definition) is 2. The lowest BCUT2D eigenvalue weighted by molar-refractivity contribution is 0.102. The van der Waals surface area contributed by atoms with Crippen LogP contribution in [-0.4, -0.2) is 5.91 Å². The second kappa shape index (κ2) is 5.59. The topological polar surface area (TPSA) is 29.1 Å². The van der Waals surface area contributed by atoms with Gasteiger partial charge < -0.3 is 5.32 Å². The summed E-state index contributed by atoms with van der Waals surface area (Å²) in [6.07, 6.45) is 0. The highest BCUT2D eigenvalue weighted by atomic mass is 79.9. The summed E-state index contributed by atoms with van der Waals surface area (Å²) in [7, 11) is 0. The molecule has 0 saturated carbocycles. The van der Waals surface area contributed by atoms with Crippen LogP contribution in [0.25, 0.3) is 0 Å². The average molecular weight is 322 g/mol. The normalized spacial score (nSPS) is 10.2. The van der Waals surface area contributed by atoms with Crippen LogP contribution in [0.5, 0.6) is 0 Å². The minimum Gasteiger partial charge on any atom is -0.322 e. The largest absolute Gasteiger partial charge is 0.322 e. The van der Waals surface area contributed by atoms with Gasteiger partial charge in [-0.3, -0.25) is 4.79 Å². The van der Waals surface area contributed by atoms with Crippen LogP contribution in [0.15, 0.2) is 51.8 Å². The van der Waals surface area contributed by atoms with Crippen LogP contribution in [0.1, 0.15) is 15.9 Å². The summed E-state index contributed by atoms with van der Waals surface area (Å²) in [5, 5.41) is 2.85. The molecule has 0 spiro atoms. The van der Waals surface area contributed by atoms with Crippen LogP contribution >= 0.6 is 28.6 Å². The first kappa shape index (κ1) is 13.2. The highest BCUT2D eigenvalue weighted by molar-refractivity contribution is 9.10. The molecule has 0 heterocycles. The number of rotatable bonds is 2. The highest BCUT2D eigenvalue weighted by Crippen LogP contribution is 2.21. The number of carbonyl (C=O) groups excluding carboxylic acids is 1. The van der Waals surface area contributed by atoms with Crippen LogP contribution in [-0.2, 0) is 0 Å². The van der Waals surface area contributed by atoms with Gasteiger partial charge in [0.05, 0.1) is 0 Å². The number of halogens is 1. The maximum Gasteiger partial charge on any atom is 0.255 e. The fourth-order valence-electron chi connectivity index (χ4n) is 1.49. The summed E-state index contributed by atoms with van der Waals surface area (Å²) in [4.78, 5) is 12.8. The molecule has 0 aliphatic rings. The molecule has 2 rings (SSSR count). The molecule has 0 atom stereocenters. The molecule has 2 aromatic rings. The van der Waals surface area contributed by atoms with Gasteiger partial charge >= 0.3 is 0 Å². The van der Waals surface area contributed by atoms with Crippen molar-refractivity contribution in [2.75, 3.05) is 5.32 Å². The van der Waals surface area contributed by atoms with Gasteiger partial charge in [0, 0.05) is 20.6 Å². The maximum atomic E-state index is 12.0. The van der Waals surface area contributed by atoms with Crippen molar-refractivity contribution >= 4 is 40.2 Å². The number of amides is 1. The van der Waals surface area contributed by atoms with Crippen molar-refractivity contribution in [3.8, 4) is 0 Å². The molecule has 4 heteroatoms. The summed E-state index contributed by atoms with van der Waals surface area (Å²) < 4.78 is 0.978. The van der Waals surface area contributed by atoms with Crippen molar-refractivity contribution in [1.82, 2.24) is 0 Å². The smallest absolute Gasteiger partial charge is 0.255 e. The Bertz CT molecular complexity index is 581. The molecule has 18 heavy (non-hydrogen) atoms. The Labute approximate surface area is 120 Å². The molecule has 0 saturated heterocycles. The quantitative estimate of drug-likeness (QED) is 0.793. The van der Waals surface area contributed by atoms with Gasteiger partial charge in [0.2, 0.25) is 0 Å². The summed E-state index contributed by atoms with van der Waals surface area (Å²) in [5.41, 5.74) is 2.52. The number of anilines is 1. The van der Waals surface area contributed by atoms with Gasteiger partial charge in [-0.2, -0.15) is 0 Å². The zero-order valence-electron chi connectivity index (χ0n) is 9.77. The van der Waals surface area contributed by atoms with E-state index in [0.29, 0.717) is 5.56 Å². The van der Waals surface area contributed by atoms with Crippen LogP contribution in [0, 0.1) is 6.92 Å². The summed E-state index contributed by atoms with van der Waals surface area (Å²) in [5.74, 6) is -0.126. The summed E-state index contributed by atoms with van der Waals surface area (Å²) >= 11 is 7.63. The monoisotopic (exact) mass is 321 g/mol. The number of hydrogen-bond acceptors (Lipinski definition) is 2. The van der Waals surface area contributed by atoms with Crippen LogP contribution in [0.2, 0.25) is 0 Å². The maximum absolute atomic E-state index is 12.0. The molecular formula is C14H12BrNOS. The second-order valence-electron chi connectivity index (χ2n) is 3.96. The van der Waals surface area contributed by atoms with Crippen LogP contribution in [0.4, 0.5) is 5.69 Å². The van der Waals surface area contributed by atoms with Gasteiger partial charge in [-0.25, -0.2) is 0 Å². The predicted octanol–water partition coefficient (Wildman–Crippen LogP) is 4.30. The van der Waals surface area contributed by atoms with Gasteiger partial charge in [-0.1, -0.05) is 22.0 Å². The molecule has 2 nitrogen and oxygen atoms in total. The zero-order valence-corrected chi connectivity index (χ0v) is 12.3. The van der Waals surface area contributed by atoms with E-state index in [1.54, 1.807) is 24.3 Å². The molecule has 0 radical (unpaired) electrons. The standard InChI is InChI=1S/C14H12BrNOS/c1-9-2-5-11(8-13(9)15)16-14(17)10-3-6-12(18)7-4-10/h2-8,18H,1H3,(H,16,17). The van der Waals surface area contributed by atoms with E-state index >= 15 is 0 Å². The lowest BCUT2D eigenvalue weighted by atomic mass is 10.2. The highest BCUT2D eigenvalue weighted by Gasteiger charge is 2.06. The predicted molar refractivity (Wildman–Crippen MR) is 80.5 cm³/mol. The molecule has 1 N–H and O–H groups in total. The van der Waals surface area contributed by atoms with Crippen molar-refractivity contribution in [1.29, 1.82) is 0 Å². The number of nitrogens with one attached hydrogen (secondary N) is 1. The minimum atomic E-state index is -0.126. The molecule has 2 aromatic carbocycles. The molecular weight excluding hydrogens is 310 g/mol. The van der Waals surface area contributed by atoms with E-state index in [1.807, 2.05) is 25.1 Å². The van der Waals surface area contributed by atoms with E-state index in [-0.39, 0.29) is 5.91 Å². The van der Waals surface area contributed by atoms with E-state index in [4.69, 9.17) is 0 Å². The number of benzene rings is 2. The molecule has 0 bridgehead atoms. The van der Waals surface area contributed by atoms with Gasteiger partial charge in [0.25, 0.3) is 5.91 Å². The van der Waals surface area contributed by atoms with Crippen LogP contribution < -0.4 is 5.32 Å². The minimum absolute atomic E-state index is 0.126. The molecule has 0 unspecified atom stereocenters. The first-order valence-electron chi connectivity index (χ1n) is 5.43. The Balaban J connectivity index is 2.16. The number of aryl methyl sites for hydroxylation is 1. The molecule has 0 aliphatic heterocycles. The number of thiol groups is 1. The Morgan fingerprint density at radius 1 is 1.17 bits per heavy atom. The molecule has 92 valence electrons. The fourth-order valence-corrected chi connectivity index (χ4v) is 2.01. The molecule has 0 fully saturated rings. The third-order valence-corrected chi connectivity index (χ3v) is 3.71. The van der Waals surface area contributed by atoms with Crippen molar-refractivity contribution in [3.63, 3.8) is 0 Å². The Hall–Kier alpha value is -1.26. The van der Waals surface area contributed by atoms with Gasteiger partial charge in [0.1, 0.15) is 0 Å². The molecule has 0 aromatic heterocycles. The Morgan fingerprint density at radius 2 is 1.83 bits per heavy atom. The lowest BCUT2D eigenvalue weighted by Crippen LogP contribution is -2.11. The van der Waals surface area contributed by atoms with Crippen molar-refractivity contribution in [3.05, 3.63) is 58.1 Å². The molecule has 1 amide bonds. The van der Waals surface area contributed by atoms with E-state index in [1.165, 1.54) is 0 Å².